The topological polar surface area (TPSA) is 240 Å². The van der Waals surface area contributed by atoms with Crippen molar-refractivity contribution in [3.8, 4) is 0 Å². The van der Waals surface area contributed by atoms with Gasteiger partial charge in [-0.2, -0.15) is 0 Å². The number of rotatable bonds is 56. The van der Waals surface area contributed by atoms with Crippen LogP contribution in [0.4, 0.5) is 0 Å². The highest BCUT2D eigenvalue weighted by Gasteiger charge is 2.50. The van der Waals surface area contributed by atoms with Crippen molar-refractivity contribution in [2.24, 2.45) is 17.2 Å². The highest BCUT2D eigenvalue weighted by molar-refractivity contribution is 5.89. The average molecular weight is 1010 g/mol. The molecule has 0 heterocycles. The van der Waals surface area contributed by atoms with E-state index in [0.29, 0.717) is 71.4 Å². The SMILES string of the molecule is CCCCCCCCCCCCCCCCCC[N+](CCCCCCCCCCCCCCCCCC)(C(=O)[C@H](CCCNCCCN)NCCCN)[C@@H](CCC(N)=O)C(=O)N[C@@H](CCC(=O)O)C(=O)O. The minimum absolute atomic E-state index is 0.0357. The standard InChI is InChI=1S/C57H113N7O7/c1-3-5-7-9-11-13-15-17-19-21-23-25-27-29-31-33-48-64(56(69)50(62-47-37-44-59)38-35-45-61-46-36-43-58,49-34-32-30-28-26-24-22-20-18-16-14-12-10-8-6-4-2)52(40-41-53(60)65)55(68)63-51(57(70)71)39-42-54(66)67/h50-52,61-62H,3-49,58-59H2,1-2H3,(H4-,60,63,65,66,67,68,70,71)/p+1/t50-,51-,52-/m0/s1. The molecule has 0 aliphatic carbocycles. The van der Waals surface area contributed by atoms with Gasteiger partial charge in [-0.3, -0.25) is 14.4 Å². The van der Waals surface area contributed by atoms with Crippen LogP contribution in [0.15, 0.2) is 0 Å². The molecule has 0 rings (SSSR count). The molecule has 3 atom stereocenters. The Balaban J connectivity index is 6.38. The van der Waals surface area contributed by atoms with Crippen molar-refractivity contribution in [1.29, 1.82) is 0 Å². The first-order valence-corrected chi connectivity index (χ1v) is 29.8. The lowest BCUT2D eigenvalue weighted by atomic mass is 9.96. The molecule has 11 N–H and O–H groups in total. The number of nitrogens with one attached hydrogen (secondary N) is 3. The summed E-state index contributed by atoms with van der Waals surface area (Å²) in [5, 5.41) is 29.2. The number of carbonyl (C=O) groups excluding carboxylic acids is 3. The first kappa shape index (κ1) is 68.4. The number of nitrogens with zero attached hydrogens (tertiary/aromatic N) is 1. The minimum atomic E-state index is -1.48. The lowest BCUT2D eigenvalue weighted by Crippen LogP contribution is -2.69. The van der Waals surface area contributed by atoms with Crippen LogP contribution in [-0.4, -0.2) is 108 Å². The predicted molar refractivity (Wildman–Crippen MR) is 294 cm³/mol. The normalized spacial score (nSPS) is 13.0. The summed E-state index contributed by atoms with van der Waals surface area (Å²) >= 11 is 0. The highest BCUT2D eigenvalue weighted by atomic mass is 16.4. The molecule has 0 aromatic heterocycles. The van der Waals surface area contributed by atoms with Crippen LogP contribution in [0.25, 0.3) is 0 Å². The third-order valence-corrected chi connectivity index (χ3v) is 14.6. The maximum atomic E-state index is 15.7. The van der Waals surface area contributed by atoms with Gasteiger partial charge in [-0.15, -0.1) is 0 Å². The van der Waals surface area contributed by atoms with Crippen molar-refractivity contribution in [3.05, 3.63) is 0 Å². The van der Waals surface area contributed by atoms with E-state index < -0.39 is 48.3 Å². The quantitative estimate of drug-likeness (QED) is 0.0211. The van der Waals surface area contributed by atoms with Gasteiger partial charge in [0, 0.05) is 19.3 Å². The van der Waals surface area contributed by atoms with Gasteiger partial charge in [0.05, 0.1) is 13.1 Å². The molecule has 14 heteroatoms. The van der Waals surface area contributed by atoms with Crippen molar-refractivity contribution in [3.63, 3.8) is 0 Å². The van der Waals surface area contributed by atoms with E-state index in [-0.39, 0.29) is 29.7 Å². The van der Waals surface area contributed by atoms with E-state index >= 15 is 4.79 Å². The average Bonchev–Trinajstić information content (AvgIpc) is 3.34. The molecule has 0 fully saturated rings. The number of primary amides is 1. The summed E-state index contributed by atoms with van der Waals surface area (Å²) in [4.78, 5) is 67.0. The van der Waals surface area contributed by atoms with Crippen LogP contribution in [0.2, 0.25) is 0 Å². The zero-order chi connectivity index (χ0) is 52.5. The molecule has 71 heavy (non-hydrogen) atoms. The van der Waals surface area contributed by atoms with Gasteiger partial charge in [-0.1, -0.05) is 194 Å². The Kier molecular flexibility index (Phi) is 47.7. The summed E-state index contributed by atoms with van der Waals surface area (Å²) < 4.78 is -0.220. The maximum absolute atomic E-state index is 15.7. The number of carboxylic acid groups (broad SMARTS) is 2. The molecule has 418 valence electrons. The van der Waals surface area contributed by atoms with Crippen molar-refractivity contribution in [2.45, 2.75) is 289 Å². The Morgan fingerprint density at radius 2 is 0.831 bits per heavy atom. The molecule has 0 aromatic rings. The second-order valence-corrected chi connectivity index (χ2v) is 21.0. The molecule has 3 amide bonds. The van der Waals surface area contributed by atoms with E-state index in [1.165, 1.54) is 141 Å². The van der Waals surface area contributed by atoms with Gasteiger partial charge in [0.25, 0.3) is 5.91 Å². The summed E-state index contributed by atoms with van der Waals surface area (Å²) in [6, 6.07) is -3.20. The van der Waals surface area contributed by atoms with Crippen molar-refractivity contribution in [2.75, 3.05) is 45.8 Å². The van der Waals surface area contributed by atoms with Gasteiger partial charge in [-0.05, 0) is 90.5 Å². The number of hydrogen-bond donors (Lipinski definition) is 8. The lowest BCUT2D eigenvalue weighted by molar-refractivity contribution is -0.872. The van der Waals surface area contributed by atoms with E-state index in [1.54, 1.807) is 0 Å². The number of hydrogen-bond acceptors (Lipinski definition) is 9. The van der Waals surface area contributed by atoms with Crippen LogP contribution < -0.4 is 33.2 Å². The summed E-state index contributed by atoms with van der Waals surface area (Å²) in [5.41, 5.74) is 17.4. The Hall–Kier alpha value is -2.65. The van der Waals surface area contributed by atoms with Crippen LogP contribution in [0.1, 0.15) is 271 Å². The van der Waals surface area contributed by atoms with Crippen LogP contribution in [0.3, 0.4) is 0 Å². The zero-order valence-corrected chi connectivity index (χ0v) is 46.1. The largest absolute Gasteiger partial charge is 0.481 e. The molecule has 0 spiro atoms. The molecule has 0 unspecified atom stereocenters. The molecule has 0 saturated carbocycles. The van der Waals surface area contributed by atoms with Gasteiger partial charge in [0.2, 0.25) is 5.91 Å². The van der Waals surface area contributed by atoms with Crippen molar-refractivity contribution < 1.29 is 38.7 Å². The third-order valence-electron chi connectivity index (χ3n) is 14.6. The Labute approximate surface area is 434 Å². The maximum Gasteiger partial charge on any atom is 0.331 e. The summed E-state index contributed by atoms with van der Waals surface area (Å²) in [5.74, 6) is -3.92. The van der Waals surface area contributed by atoms with Crippen molar-refractivity contribution >= 4 is 29.7 Å². The zero-order valence-electron chi connectivity index (χ0n) is 46.1. The Bertz CT molecular complexity index is 1260. The van der Waals surface area contributed by atoms with Gasteiger partial charge in [-0.25, -0.2) is 14.1 Å². The Morgan fingerprint density at radius 1 is 0.451 bits per heavy atom. The van der Waals surface area contributed by atoms with Crippen LogP contribution in [0, 0.1) is 0 Å². The number of carbonyl (C=O) groups is 5. The van der Waals surface area contributed by atoms with E-state index in [9.17, 15) is 29.4 Å². The van der Waals surface area contributed by atoms with Gasteiger partial charge < -0.3 is 43.4 Å². The first-order valence-electron chi connectivity index (χ1n) is 29.8. The molecular formula is C57H114N7O7+. The molecule has 0 bridgehead atoms. The summed E-state index contributed by atoms with van der Waals surface area (Å²) in [6.07, 6.45) is 40.3. The molecule has 0 aliphatic rings. The second kappa shape index (κ2) is 49.6. The predicted octanol–water partition coefficient (Wildman–Crippen LogP) is 10.9. The van der Waals surface area contributed by atoms with Crippen molar-refractivity contribution in [1.82, 2.24) is 16.0 Å². The lowest BCUT2D eigenvalue weighted by Gasteiger charge is -2.44. The molecule has 0 aromatic carbocycles. The molecule has 0 aliphatic heterocycles. The number of nitrogens with two attached hydrogens (primary N) is 3. The minimum Gasteiger partial charge on any atom is -0.481 e. The van der Waals surface area contributed by atoms with E-state index in [0.717, 1.165) is 64.3 Å². The molecule has 0 radical (unpaired) electrons. The number of quaternary nitrogens is 1. The molecular weight excluding hydrogens is 895 g/mol. The number of amides is 3. The fourth-order valence-corrected chi connectivity index (χ4v) is 10.1. The fourth-order valence-electron chi connectivity index (χ4n) is 10.1. The van der Waals surface area contributed by atoms with Gasteiger partial charge >= 0.3 is 17.8 Å². The Morgan fingerprint density at radius 3 is 1.20 bits per heavy atom. The number of unbranched alkanes of at least 4 members (excludes halogenated alkanes) is 30. The summed E-state index contributed by atoms with van der Waals surface area (Å²) in [6.45, 7) is 8.26. The van der Waals surface area contributed by atoms with E-state index in [2.05, 4.69) is 29.8 Å². The highest BCUT2D eigenvalue weighted by Crippen LogP contribution is 2.28. The molecule has 14 nitrogen and oxygen atoms in total. The van der Waals surface area contributed by atoms with E-state index in [4.69, 9.17) is 17.2 Å². The summed E-state index contributed by atoms with van der Waals surface area (Å²) in [7, 11) is 0. The number of carboxylic acids is 2. The second-order valence-electron chi connectivity index (χ2n) is 21.0. The van der Waals surface area contributed by atoms with Crippen LogP contribution in [-0.2, 0) is 24.0 Å². The van der Waals surface area contributed by atoms with Gasteiger partial charge in [0.1, 0.15) is 12.1 Å². The number of aliphatic carboxylic acids is 2. The fraction of sp³-hybridized carbons (Fsp3) is 0.912. The third kappa shape index (κ3) is 38.6. The van der Waals surface area contributed by atoms with Gasteiger partial charge in [0.15, 0.2) is 6.04 Å². The molecule has 0 saturated heterocycles. The monoisotopic (exact) mass is 1010 g/mol. The first-order chi connectivity index (χ1) is 34.5. The van der Waals surface area contributed by atoms with Crippen LogP contribution >= 0.6 is 0 Å². The van der Waals surface area contributed by atoms with Crippen LogP contribution in [0.5, 0.6) is 0 Å². The van der Waals surface area contributed by atoms with E-state index in [1.807, 2.05) is 0 Å². The smallest absolute Gasteiger partial charge is 0.331 e.